The molecule has 8 rings (SSSR count). The summed E-state index contributed by atoms with van der Waals surface area (Å²) in [5.74, 6) is -2.95. The molecule has 6 fully saturated rings. The number of benzene rings is 1. The molecule has 14 heteroatoms. The lowest BCUT2D eigenvalue weighted by molar-refractivity contribution is -0.577. The van der Waals surface area contributed by atoms with Gasteiger partial charge in [-0.25, -0.2) is 19.4 Å². The Morgan fingerprint density at radius 1 is 1.02 bits per heavy atom. The van der Waals surface area contributed by atoms with Crippen LogP contribution in [0, 0.1) is 23.7 Å². The van der Waals surface area contributed by atoms with E-state index in [2.05, 4.69) is 33.9 Å². The van der Waals surface area contributed by atoms with Gasteiger partial charge in [0.1, 0.15) is 0 Å². The van der Waals surface area contributed by atoms with Gasteiger partial charge in [0.25, 0.3) is 0 Å². The second kappa shape index (κ2) is 14.7. The van der Waals surface area contributed by atoms with Gasteiger partial charge in [0.15, 0.2) is 18.2 Å². The number of hydrogen-bond donors (Lipinski definition) is 3. The molecule has 2 aromatic rings. The lowest BCUT2D eigenvalue weighted by Gasteiger charge is -2.60. The number of carboxylic acids is 2. The number of carboxylic acid groups (broad SMARTS) is 2. The summed E-state index contributed by atoms with van der Waals surface area (Å²) >= 11 is 6.14. The average molecular weight is 691 g/mol. The summed E-state index contributed by atoms with van der Waals surface area (Å²) in [5, 5.41) is 20.2. The lowest BCUT2D eigenvalue weighted by atomic mass is 9.58. The zero-order valence-corrected chi connectivity index (χ0v) is 28.6. The van der Waals surface area contributed by atoms with E-state index in [0.717, 1.165) is 81.7 Å². The number of aromatic nitrogens is 1. The second-order valence-corrected chi connectivity index (χ2v) is 14.3. The Morgan fingerprint density at radius 3 is 2.48 bits per heavy atom. The minimum absolute atomic E-state index is 0.213. The minimum Gasteiger partial charge on any atom is -0.473 e. The molecule has 6 aliphatic rings. The zero-order chi connectivity index (χ0) is 34.1. The number of pyridine rings is 1. The molecule has 2 bridgehead atoms. The molecule has 6 heterocycles. The fourth-order valence-corrected chi connectivity index (χ4v) is 8.39. The van der Waals surface area contributed by atoms with Crippen LogP contribution in [0.25, 0.3) is 10.9 Å². The van der Waals surface area contributed by atoms with Crippen molar-refractivity contribution < 1.29 is 43.8 Å². The first-order valence-corrected chi connectivity index (χ1v) is 17.4. The number of nitrogens with one attached hydrogen (secondary N) is 1. The first-order valence-electron chi connectivity index (χ1n) is 17.0. The molecule has 0 radical (unpaired) electrons. The molecule has 5 saturated heterocycles. The Bertz CT molecular complexity index is 1450. The standard InChI is InChI=1S/C32H45ClN4O5.C2H2O4/c1-21-4-7-26-22(2)29(39-30-32(26)25(21)8-10-31(3,40-30)41-42-32)38-19-18-37-16-14-36(15-17-37)13-12-35-27-9-11-34-28-20-23(33)5-6-24(27)28;3-1(4)2(5)6/h5-6,9,11,20-22,25-26,29-30H,4,7-8,10,12-19H2,1-3H3,(H,34,35);(H,3,4)(H,5,6)/t21-,22-,25?,26?,29+,30-,31+,32-;/m1./s1. The quantitative estimate of drug-likeness (QED) is 0.267. The van der Waals surface area contributed by atoms with Crippen LogP contribution < -0.4 is 5.32 Å². The van der Waals surface area contributed by atoms with E-state index >= 15 is 0 Å². The maximum absolute atomic E-state index is 9.10. The fraction of sp³-hybridized carbons (Fsp3) is 0.676. The highest BCUT2D eigenvalue weighted by atomic mass is 35.5. The Hall–Kier alpha value is -2.62. The number of hydrogen-bond acceptors (Lipinski definition) is 11. The minimum atomic E-state index is -1.82. The van der Waals surface area contributed by atoms with E-state index < -0.39 is 29.6 Å². The van der Waals surface area contributed by atoms with E-state index in [1.165, 1.54) is 6.42 Å². The van der Waals surface area contributed by atoms with Gasteiger partial charge in [-0.05, 0) is 62.3 Å². The van der Waals surface area contributed by atoms with Crippen molar-refractivity contribution >= 4 is 40.1 Å². The third-order valence-electron chi connectivity index (χ3n) is 10.9. The number of halogens is 1. The molecule has 1 aliphatic carbocycles. The molecule has 8 atom stereocenters. The molecule has 3 N–H and O–H groups in total. The average Bonchev–Trinajstić information content (AvgIpc) is 3.30. The number of aliphatic carboxylic acids is 2. The number of nitrogens with zero attached hydrogens (tertiary/aromatic N) is 3. The van der Waals surface area contributed by atoms with E-state index in [1.54, 1.807) is 0 Å². The van der Waals surface area contributed by atoms with Crippen molar-refractivity contribution in [1.82, 2.24) is 14.8 Å². The van der Waals surface area contributed by atoms with Crippen molar-refractivity contribution in [2.45, 2.75) is 70.4 Å². The predicted molar refractivity (Wildman–Crippen MR) is 176 cm³/mol. The molecule has 0 amide bonds. The summed E-state index contributed by atoms with van der Waals surface area (Å²) < 4.78 is 19.5. The molecular weight excluding hydrogens is 644 g/mol. The SMILES string of the molecule is C[C@@H]1CCC2[C@@H](C)[C@@H](OCCN3CCN(CCNc4ccnc5cc(Cl)ccc45)CC3)O[C@@H]3O[C@]4(C)CCC1[C@@]23OO4.O=C(O)C(=O)O. The normalized spacial score (nSPS) is 34.8. The maximum atomic E-state index is 9.10. The Kier molecular flexibility index (Phi) is 10.8. The number of rotatable bonds is 8. The van der Waals surface area contributed by atoms with Crippen molar-refractivity contribution in [2.75, 3.05) is 57.7 Å². The van der Waals surface area contributed by atoms with Crippen LogP contribution in [0.2, 0.25) is 5.02 Å². The van der Waals surface area contributed by atoms with Gasteiger partial charge in [-0.2, -0.15) is 0 Å². The number of carbonyl (C=O) groups is 2. The van der Waals surface area contributed by atoms with Crippen LogP contribution in [0.1, 0.15) is 46.5 Å². The van der Waals surface area contributed by atoms with E-state index in [9.17, 15) is 0 Å². The van der Waals surface area contributed by atoms with Gasteiger partial charge in [0.05, 0.1) is 12.1 Å². The highest BCUT2D eigenvalue weighted by Gasteiger charge is 2.69. The first-order chi connectivity index (χ1) is 23.0. The number of fused-ring (bicyclic) bond motifs is 3. The Labute approximate surface area is 285 Å². The molecule has 264 valence electrons. The summed E-state index contributed by atoms with van der Waals surface area (Å²) in [6.07, 6.45) is 5.26. The molecule has 13 nitrogen and oxygen atoms in total. The number of piperazine rings is 1. The van der Waals surface area contributed by atoms with E-state index in [0.29, 0.717) is 29.4 Å². The molecule has 1 aromatic heterocycles. The molecule has 48 heavy (non-hydrogen) atoms. The van der Waals surface area contributed by atoms with Gasteiger partial charge in [0.2, 0.25) is 5.79 Å². The third kappa shape index (κ3) is 7.29. The van der Waals surface area contributed by atoms with Crippen LogP contribution in [0.15, 0.2) is 30.5 Å². The van der Waals surface area contributed by atoms with Crippen molar-refractivity contribution in [3.8, 4) is 0 Å². The summed E-state index contributed by atoms with van der Waals surface area (Å²) in [4.78, 5) is 39.9. The van der Waals surface area contributed by atoms with E-state index in [4.69, 9.17) is 55.4 Å². The van der Waals surface area contributed by atoms with Crippen LogP contribution >= 0.6 is 11.6 Å². The molecule has 2 unspecified atom stereocenters. The third-order valence-corrected chi connectivity index (χ3v) is 11.1. The highest BCUT2D eigenvalue weighted by molar-refractivity contribution is 6.31. The fourth-order valence-electron chi connectivity index (χ4n) is 8.22. The van der Waals surface area contributed by atoms with Crippen LogP contribution in [0.3, 0.4) is 0 Å². The lowest BCUT2D eigenvalue weighted by Crippen LogP contribution is -2.70. The van der Waals surface area contributed by atoms with Gasteiger partial charge in [-0.1, -0.05) is 25.4 Å². The van der Waals surface area contributed by atoms with Crippen LogP contribution in [0.4, 0.5) is 5.69 Å². The maximum Gasteiger partial charge on any atom is 0.414 e. The summed E-state index contributed by atoms with van der Waals surface area (Å²) in [6.45, 7) is 14.2. The summed E-state index contributed by atoms with van der Waals surface area (Å²) in [6, 6.07) is 7.90. The number of ether oxygens (including phenoxy) is 3. The second-order valence-electron chi connectivity index (χ2n) is 13.9. The van der Waals surface area contributed by atoms with Crippen molar-refractivity contribution in [2.24, 2.45) is 23.7 Å². The first kappa shape index (κ1) is 35.2. The highest BCUT2D eigenvalue weighted by Crippen LogP contribution is 2.60. The zero-order valence-electron chi connectivity index (χ0n) is 27.8. The predicted octanol–water partition coefficient (Wildman–Crippen LogP) is 4.30. The largest absolute Gasteiger partial charge is 0.473 e. The van der Waals surface area contributed by atoms with Gasteiger partial charge < -0.3 is 29.7 Å². The van der Waals surface area contributed by atoms with Crippen LogP contribution in [-0.4, -0.2) is 113 Å². The van der Waals surface area contributed by atoms with E-state index in [-0.39, 0.29) is 12.2 Å². The van der Waals surface area contributed by atoms with Crippen molar-refractivity contribution in [1.29, 1.82) is 0 Å². The van der Waals surface area contributed by atoms with Gasteiger partial charge in [0, 0.05) is 86.4 Å². The van der Waals surface area contributed by atoms with E-state index in [1.807, 2.05) is 37.4 Å². The van der Waals surface area contributed by atoms with Crippen molar-refractivity contribution in [3.05, 3.63) is 35.5 Å². The smallest absolute Gasteiger partial charge is 0.414 e. The molecule has 1 saturated carbocycles. The number of anilines is 1. The van der Waals surface area contributed by atoms with Crippen LogP contribution in [-0.2, 0) is 33.6 Å². The summed E-state index contributed by atoms with van der Waals surface area (Å²) in [5.41, 5.74) is 1.49. The molecular formula is C34H47ClN4O9. The van der Waals surface area contributed by atoms with Gasteiger partial charge in [-0.3, -0.25) is 14.8 Å². The topological polar surface area (TPSA) is 152 Å². The van der Waals surface area contributed by atoms with Crippen LogP contribution in [0.5, 0.6) is 0 Å². The molecule has 5 aliphatic heterocycles. The monoisotopic (exact) mass is 690 g/mol. The van der Waals surface area contributed by atoms with Gasteiger partial charge >= 0.3 is 11.9 Å². The molecule has 1 aromatic carbocycles. The molecule has 1 spiro atoms. The Morgan fingerprint density at radius 2 is 1.75 bits per heavy atom. The summed E-state index contributed by atoms with van der Waals surface area (Å²) in [7, 11) is 0. The van der Waals surface area contributed by atoms with Crippen molar-refractivity contribution in [3.63, 3.8) is 0 Å². The van der Waals surface area contributed by atoms with Gasteiger partial charge in [-0.15, -0.1) is 0 Å². The Balaban J connectivity index is 0.000000615.